The third-order valence-corrected chi connectivity index (χ3v) is 5.30. The molecule has 0 heterocycles. The van der Waals surface area contributed by atoms with E-state index >= 15 is 0 Å². The van der Waals surface area contributed by atoms with Crippen LogP contribution >= 0.6 is 31.9 Å². The molecule has 2 aromatic carbocycles. The first kappa shape index (κ1) is 23.0. The van der Waals surface area contributed by atoms with Crippen LogP contribution in [0.4, 0.5) is 0 Å². The number of terminal acetylenes is 1. The standard InChI is InChI=1S/C22H22Br2N2O3/c1-5-8-28-20-7-6-17(23)10-16(20)12-25-26-22(27)13-29-21-9-15(4)19(24)11-18(21)14(2)3/h1,6-7,9-12,14H,8,13H2,2-4H3,(H,26,27)/b25-12-. The molecule has 0 atom stereocenters. The van der Waals surface area contributed by atoms with Gasteiger partial charge < -0.3 is 9.47 Å². The Morgan fingerprint density at radius 2 is 2.00 bits per heavy atom. The second kappa shape index (κ2) is 11.0. The van der Waals surface area contributed by atoms with E-state index in [4.69, 9.17) is 15.9 Å². The average Bonchev–Trinajstić information content (AvgIpc) is 2.67. The number of halogens is 2. The van der Waals surface area contributed by atoms with E-state index in [1.165, 1.54) is 6.21 Å². The van der Waals surface area contributed by atoms with Crippen molar-refractivity contribution in [1.82, 2.24) is 5.43 Å². The van der Waals surface area contributed by atoms with Crippen LogP contribution in [-0.2, 0) is 4.79 Å². The van der Waals surface area contributed by atoms with Crippen molar-refractivity contribution >= 4 is 44.0 Å². The molecule has 0 fully saturated rings. The van der Waals surface area contributed by atoms with Gasteiger partial charge >= 0.3 is 0 Å². The van der Waals surface area contributed by atoms with E-state index in [0.717, 1.165) is 20.1 Å². The van der Waals surface area contributed by atoms with Crippen molar-refractivity contribution in [2.24, 2.45) is 5.10 Å². The summed E-state index contributed by atoms with van der Waals surface area (Å²) >= 11 is 6.93. The Hall–Kier alpha value is -2.30. The second-order valence-electron chi connectivity index (χ2n) is 6.55. The summed E-state index contributed by atoms with van der Waals surface area (Å²) in [5.41, 5.74) is 5.22. The number of rotatable bonds is 8. The fourth-order valence-electron chi connectivity index (χ4n) is 2.47. The lowest BCUT2D eigenvalue weighted by Gasteiger charge is -2.15. The molecule has 5 nitrogen and oxygen atoms in total. The van der Waals surface area contributed by atoms with Gasteiger partial charge in [0.05, 0.1) is 6.21 Å². The van der Waals surface area contributed by atoms with Crippen molar-refractivity contribution < 1.29 is 14.3 Å². The predicted molar refractivity (Wildman–Crippen MR) is 123 cm³/mol. The lowest BCUT2D eigenvalue weighted by molar-refractivity contribution is -0.123. The monoisotopic (exact) mass is 520 g/mol. The molecule has 0 radical (unpaired) electrons. The zero-order chi connectivity index (χ0) is 21.4. The molecule has 1 N–H and O–H groups in total. The number of hydrogen-bond acceptors (Lipinski definition) is 4. The van der Waals surface area contributed by atoms with Crippen LogP contribution in [0.2, 0.25) is 0 Å². The van der Waals surface area contributed by atoms with Crippen molar-refractivity contribution in [3.8, 4) is 23.8 Å². The number of amides is 1. The minimum atomic E-state index is -0.363. The number of hydrazone groups is 1. The highest BCUT2D eigenvalue weighted by Gasteiger charge is 2.12. The van der Waals surface area contributed by atoms with Crippen LogP contribution in [0.25, 0.3) is 0 Å². The molecule has 0 aliphatic heterocycles. The number of nitrogens with one attached hydrogen (secondary N) is 1. The van der Waals surface area contributed by atoms with Gasteiger partial charge in [-0.25, -0.2) is 5.43 Å². The van der Waals surface area contributed by atoms with Gasteiger partial charge in [0, 0.05) is 14.5 Å². The molecule has 7 heteroatoms. The summed E-state index contributed by atoms with van der Waals surface area (Å²) < 4.78 is 13.1. The van der Waals surface area contributed by atoms with Crippen molar-refractivity contribution in [2.75, 3.05) is 13.2 Å². The molecule has 29 heavy (non-hydrogen) atoms. The Kier molecular flexibility index (Phi) is 8.74. The van der Waals surface area contributed by atoms with Gasteiger partial charge in [0.2, 0.25) is 0 Å². The number of carbonyl (C=O) groups is 1. The van der Waals surface area contributed by atoms with Gasteiger partial charge in [-0.05, 0) is 54.3 Å². The molecule has 0 unspecified atom stereocenters. The first-order valence-corrected chi connectivity index (χ1v) is 10.5. The van der Waals surface area contributed by atoms with Gasteiger partial charge in [0.25, 0.3) is 5.91 Å². The first-order chi connectivity index (χ1) is 13.8. The van der Waals surface area contributed by atoms with Crippen LogP contribution in [0.3, 0.4) is 0 Å². The van der Waals surface area contributed by atoms with Gasteiger partial charge in [0.15, 0.2) is 6.61 Å². The van der Waals surface area contributed by atoms with Crippen LogP contribution in [0.15, 0.2) is 44.4 Å². The summed E-state index contributed by atoms with van der Waals surface area (Å²) in [6.07, 6.45) is 6.73. The van der Waals surface area contributed by atoms with Crippen molar-refractivity contribution in [2.45, 2.75) is 26.7 Å². The van der Waals surface area contributed by atoms with Crippen LogP contribution in [0.5, 0.6) is 11.5 Å². The molecule has 2 rings (SSSR count). The molecule has 0 aliphatic rings. The zero-order valence-corrected chi connectivity index (χ0v) is 19.6. The van der Waals surface area contributed by atoms with E-state index < -0.39 is 0 Å². The quantitative estimate of drug-likeness (QED) is 0.295. The highest BCUT2D eigenvalue weighted by atomic mass is 79.9. The molecule has 152 valence electrons. The Balaban J connectivity index is 2.00. The third kappa shape index (κ3) is 6.91. The summed E-state index contributed by atoms with van der Waals surface area (Å²) in [5.74, 6) is 3.59. The third-order valence-electron chi connectivity index (χ3n) is 3.95. The van der Waals surface area contributed by atoms with Gasteiger partial charge in [-0.3, -0.25) is 4.79 Å². The predicted octanol–water partition coefficient (Wildman–Crippen LogP) is 5.18. The summed E-state index contributed by atoms with van der Waals surface area (Å²) in [6, 6.07) is 9.37. The van der Waals surface area contributed by atoms with Crippen molar-refractivity contribution in [1.29, 1.82) is 0 Å². The Morgan fingerprint density at radius 1 is 1.24 bits per heavy atom. The zero-order valence-electron chi connectivity index (χ0n) is 16.5. The highest BCUT2D eigenvalue weighted by molar-refractivity contribution is 9.10. The molecular formula is C22H22Br2N2O3. The summed E-state index contributed by atoms with van der Waals surface area (Å²) in [4.78, 5) is 12.1. The van der Waals surface area contributed by atoms with E-state index in [-0.39, 0.29) is 25.0 Å². The minimum absolute atomic E-state index is 0.142. The number of carbonyl (C=O) groups excluding carboxylic acids is 1. The van der Waals surface area contributed by atoms with Gasteiger partial charge in [0.1, 0.15) is 18.1 Å². The SMILES string of the molecule is C#CCOc1ccc(Br)cc1/C=N\NC(=O)COc1cc(C)c(Br)cc1C(C)C. The maximum absolute atomic E-state index is 12.1. The molecule has 0 saturated heterocycles. The van der Waals surface area contributed by atoms with Crippen LogP contribution in [-0.4, -0.2) is 25.3 Å². The normalized spacial score (nSPS) is 10.8. The lowest BCUT2D eigenvalue weighted by atomic mass is 10.0. The molecule has 0 spiro atoms. The number of ether oxygens (including phenoxy) is 2. The Labute approximate surface area is 188 Å². The minimum Gasteiger partial charge on any atom is -0.483 e. The molecule has 0 bridgehead atoms. The maximum Gasteiger partial charge on any atom is 0.277 e. The molecule has 2 aromatic rings. The van der Waals surface area contributed by atoms with Gasteiger partial charge in [-0.15, -0.1) is 6.42 Å². The molecule has 0 aliphatic carbocycles. The molecule has 1 amide bonds. The first-order valence-electron chi connectivity index (χ1n) is 8.92. The maximum atomic E-state index is 12.1. The number of nitrogens with zero attached hydrogens (tertiary/aromatic N) is 1. The molecule has 0 saturated carbocycles. The number of aryl methyl sites for hydroxylation is 1. The number of hydrogen-bond donors (Lipinski definition) is 1. The smallest absolute Gasteiger partial charge is 0.277 e. The lowest BCUT2D eigenvalue weighted by Crippen LogP contribution is -2.25. The van der Waals surface area contributed by atoms with E-state index in [1.807, 2.05) is 31.2 Å². The van der Waals surface area contributed by atoms with Gasteiger partial charge in [-0.2, -0.15) is 5.10 Å². The van der Waals surface area contributed by atoms with E-state index in [1.54, 1.807) is 6.07 Å². The van der Waals surface area contributed by atoms with Crippen molar-refractivity contribution in [3.63, 3.8) is 0 Å². The van der Waals surface area contributed by atoms with Crippen molar-refractivity contribution in [3.05, 3.63) is 56.0 Å². The summed E-state index contributed by atoms with van der Waals surface area (Å²) in [5, 5.41) is 3.99. The Morgan fingerprint density at radius 3 is 2.69 bits per heavy atom. The fraction of sp³-hybridized carbons (Fsp3) is 0.273. The summed E-state index contributed by atoms with van der Waals surface area (Å²) in [6.45, 7) is 6.13. The summed E-state index contributed by atoms with van der Waals surface area (Å²) in [7, 11) is 0. The molecular weight excluding hydrogens is 500 g/mol. The van der Waals surface area contributed by atoms with E-state index in [9.17, 15) is 4.79 Å². The Bertz CT molecular complexity index is 950. The largest absolute Gasteiger partial charge is 0.483 e. The average molecular weight is 522 g/mol. The fourth-order valence-corrected chi connectivity index (χ4v) is 3.21. The van der Waals surface area contributed by atoms with Crippen LogP contribution in [0, 0.1) is 19.3 Å². The van der Waals surface area contributed by atoms with E-state index in [0.29, 0.717) is 17.1 Å². The number of benzene rings is 2. The van der Waals surface area contributed by atoms with E-state index in [2.05, 4.69) is 62.2 Å². The highest BCUT2D eigenvalue weighted by Crippen LogP contribution is 2.32. The second-order valence-corrected chi connectivity index (χ2v) is 8.32. The topological polar surface area (TPSA) is 59.9 Å². The van der Waals surface area contributed by atoms with Crippen LogP contribution in [0.1, 0.15) is 36.5 Å². The van der Waals surface area contributed by atoms with Gasteiger partial charge in [-0.1, -0.05) is 51.6 Å². The van der Waals surface area contributed by atoms with Crippen LogP contribution < -0.4 is 14.9 Å². The molecule has 0 aromatic heterocycles.